The first kappa shape index (κ1) is 15.8. The molecule has 0 amide bonds. The third-order valence-electron chi connectivity index (χ3n) is 4.88. The van der Waals surface area contributed by atoms with Crippen LogP contribution in [0.15, 0.2) is 54.6 Å². The fourth-order valence-electron chi connectivity index (χ4n) is 3.37. The Morgan fingerprint density at radius 3 is 2.09 bits per heavy atom. The molecule has 23 heavy (non-hydrogen) atoms. The van der Waals surface area contributed by atoms with E-state index in [1.54, 1.807) is 0 Å². The summed E-state index contributed by atoms with van der Waals surface area (Å²) in [5.41, 5.74) is 3.86. The fourth-order valence-corrected chi connectivity index (χ4v) is 3.37. The zero-order valence-electron chi connectivity index (χ0n) is 14.2. The number of likely N-dealkylation sites (tertiary alicyclic amines) is 1. The van der Waals surface area contributed by atoms with Crippen LogP contribution in [0.2, 0.25) is 0 Å². The second-order valence-corrected chi connectivity index (χ2v) is 7.41. The predicted molar refractivity (Wildman–Crippen MR) is 95.0 cm³/mol. The maximum absolute atomic E-state index is 9.54. The Kier molecular flexibility index (Phi) is 4.24. The lowest BCUT2D eigenvalue weighted by Gasteiger charge is -2.31. The molecule has 1 aliphatic heterocycles. The van der Waals surface area contributed by atoms with E-state index in [4.69, 9.17) is 0 Å². The van der Waals surface area contributed by atoms with Gasteiger partial charge in [0.1, 0.15) is 0 Å². The SMILES string of the molecule is CC(C)(C)N1C[C@@H](C#N)[C@H](c2ccc(-c3ccccc3)cc2)C1. The number of hydrogen-bond acceptors (Lipinski definition) is 2. The van der Waals surface area contributed by atoms with Gasteiger partial charge in [-0.25, -0.2) is 0 Å². The summed E-state index contributed by atoms with van der Waals surface area (Å²) in [6, 6.07) is 21.7. The normalized spacial score (nSPS) is 22.0. The van der Waals surface area contributed by atoms with Crippen LogP contribution in [0.1, 0.15) is 32.3 Å². The molecule has 0 saturated carbocycles. The van der Waals surface area contributed by atoms with Gasteiger partial charge in [0.2, 0.25) is 0 Å². The van der Waals surface area contributed by atoms with Crippen LogP contribution in [0.3, 0.4) is 0 Å². The number of benzene rings is 2. The largest absolute Gasteiger partial charge is 0.297 e. The Morgan fingerprint density at radius 1 is 0.913 bits per heavy atom. The molecular formula is C21H24N2. The lowest BCUT2D eigenvalue weighted by Crippen LogP contribution is -2.39. The summed E-state index contributed by atoms with van der Waals surface area (Å²) in [5, 5.41) is 9.54. The Hall–Kier alpha value is -2.11. The number of rotatable bonds is 2. The van der Waals surface area contributed by atoms with E-state index in [0.29, 0.717) is 5.92 Å². The lowest BCUT2D eigenvalue weighted by molar-refractivity contribution is 0.170. The highest BCUT2D eigenvalue weighted by atomic mass is 15.2. The van der Waals surface area contributed by atoms with Crippen LogP contribution in [0.5, 0.6) is 0 Å². The Bertz CT molecular complexity index is 689. The van der Waals surface area contributed by atoms with Gasteiger partial charge >= 0.3 is 0 Å². The summed E-state index contributed by atoms with van der Waals surface area (Å²) in [6.07, 6.45) is 0. The first-order valence-corrected chi connectivity index (χ1v) is 8.29. The first-order valence-electron chi connectivity index (χ1n) is 8.29. The molecule has 2 atom stereocenters. The second-order valence-electron chi connectivity index (χ2n) is 7.41. The summed E-state index contributed by atoms with van der Waals surface area (Å²) in [7, 11) is 0. The monoisotopic (exact) mass is 304 g/mol. The van der Waals surface area contributed by atoms with Crippen molar-refractivity contribution >= 4 is 0 Å². The third kappa shape index (κ3) is 3.30. The molecule has 1 aliphatic rings. The van der Waals surface area contributed by atoms with Crippen LogP contribution in [0.25, 0.3) is 11.1 Å². The van der Waals surface area contributed by atoms with Gasteiger partial charge in [-0.15, -0.1) is 0 Å². The van der Waals surface area contributed by atoms with E-state index in [0.717, 1.165) is 13.1 Å². The highest BCUT2D eigenvalue weighted by Gasteiger charge is 2.38. The van der Waals surface area contributed by atoms with Crippen molar-refractivity contribution in [1.82, 2.24) is 4.90 Å². The molecule has 0 radical (unpaired) electrons. The topological polar surface area (TPSA) is 27.0 Å². The summed E-state index contributed by atoms with van der Waals surface area (Å²) in [5.74, 6) is 0.390. The standard InChI is InChI=1S/C21H24N2/c1-21(2,3)23-14-19(13-22)20(15-23)18-11-9-17(10-12-18)16-7-5-4-6-8-16/h4-12,19-20H,14-15H2,1-3H3/t19-,20+/m1/s1. The minimum Gasteiger partial charge on any atom is -0.297 e. The minimum atomic E-state index is 0.0804. The van der Waals surface area contributed by atoms with E-state index in [-0.39, 0.29) is 11.5 Å². The molecule has 2 heteroatoms. The first-order chi connectivity index (χ1) is 11.0. The van der Waals surface area contributed by atoms with Gasteiger partial charge in [-0.05, 0) is 37.5 Å². The Labute approximate surface area is 139 Å². The number of hydrogen-bond donors (Lipinski definition) is 0. The van der Waals surface area contributed by atoms with Gasteiger partial charge in [-0.2, -0.15) is 5.26 Å². The molecule has 0 aliphatic carbocycles. The van der Waals surface area contributed by atoms with Crippen molar-refractivity contribution in [3.63, 3.8) is 0 Å². The molecule has 1 heterocycles. The van der Waals surface area contributed by atoms with E-state index in [1.165, 1.54) is 16.7 Å². The molecule has 118 valence electrons. The molecule has 2 aromatic carbocycles. The van der Waals surface area contributed by atoms with Gasteiger partial charge in [0.05, 0.1) is 12.0 Å². The quantitative estimate of drug-likeness (QED) is 0.804. The molecule has 2 aromatic rings. The molecule has 3 rings (SSSR count). The lowest BCUT2D eigenvalue weighted by atomic mass is 9.89. The summed E-state index contributed by atoms with van der Waals surface area (Å²) in [6.45, 7) is 8.50. The molecule has 1 saturated heterocycles. The van der Waals surface area contributed by atoms with Gasteiger partial charge in [0, 0.05) is 24.5 Å². The molecule has 0 bridgehead atoms. The summed E-state index contributed by atoms with van der Waals surface area (Å²) >= 11 is 0. The van der Waals surface area contributed by atoms with Gasteiger partial charge in [0.15, 0.2) is 0 Å². The van der Waals surface area contributed by atoms with Crippen molar-refractivity contribution in [2.75, 3.05) is 13.1 Å². The highest BCUT2D eigenvalue weighted by molar-refractivity contribution is 5.63. The molecular weight excluding hydrogens is 280 g/mol. The maximum atomic E-state index is 9.54. The van der Waals surface area contributed by atoms with Gasteiger partial charge in [-0.3, -0.25) is 4.90 Å². The fraction of sp³-hybridized carbons (Fsp3) is 0.381. The second kappa shape index (κ2) is 6.18. The van der Waals surface area contributed by atoms with Crippen molar-refractivity contribution in [3.05, 3.63) is 60.2 Å². The van der Waals surface area contributed by atoms with Crippen LogP contribution in [-0.2, 0) is 0 Å². The van der Waals surface area contributed by atoms with Crippen LogP contribution >= 0.6 is 0 Å². The van der Waals surface area contributed by atoms with Crippen molar-refractivity contribution < 1.29 is 0 Å². The average Bonchev–Trinajstić information content (AvgIpc) is 3.00. The molecule has 0 spiro atoms. The van der Waals surface area contributed by atoms with E-state index in [9.17, 15) is 5.26 Å². The van der Waals surface area contributed by atoms with Crippen molar-refractivity contribution in [2.24, 2.45) is 5.92 Å². The van der Waals surface area contributed by atoms with E-state index < -0.39 is 0 Å². The van der Waals surface area contributed by atoms with Gasteiger partial charge < -0.3 is 0 Å². The molecule has 2 nitrogen and oxygen atoms in total. The van der Waals surface area contributed by atoms with Crippen LogP contribution in [0, 0.1) is 17.2 Å². The van der Waals surface area contributed by atoms with E-state index >= 15 is 0 Å². The third-order valence-corrected chi connectivity index (χ3v) is 4.88. The van der Waals surface area contributed by atoms with Crippen LogP contribution in [0.4, 0.5) is 0 Å². The maximum Gasteiger partial charge on any atom is 0.0676 e. The van der Waals surface area contributed by atoms with Crippen molar-refractivity contribution in [2.45, 2.75) is 32.2 Å². The average molecular weight is 304 g/mol. The summed E-state index contributed by atoms with van der Waals surface area (Å²) < 4.78 is 0. The van der Waals surface area contributed by atoms with E-state index in [2.05, 4.69) is 80.3 Å². The van der Waals surface area contributed by atoms with Crippen LogP contribution < -0.4 is 0 Å². The van der Waals surface area contributed by atoms with Gasteiger partial charge in [-0.1, -0.05) is 54.6 Å². The molecule has 0 unspecified atom stereocenters. The smallest absolute Gasteiger partial charge is 0.0676 e. The highest BCUT2D eigenvalue weighted by Crippen LogP contribution is 2.36. The van der Waals surface area contributed by atoms with Crippen molar-refractivity contribution in [1.29, 1.82) is 5.26 Å². The zero-order valence-corrected chi connectivity index (χ0v) is 14.2. The van der Waals surface area contributed by atoms with Gasteiger partial charge in [0.25, 0.3) is 0 Å². The number of nitriles is 1. The minimum absolute atomic E-state index is 0.0804. The van der Waals surface area contributed by atoms with Crippen LogP contribution in [-0.4, -0.2) is 23.5 Å². The molecule has 1 fully saturated rings. The Balaban J connectivity index is 1.83. The van der Waals surface area contributed by atoms with Crippen molar-refractivity contribution in [3.8, 4) is 17.2 Å². The molecule has 0 N–H and O–H groups in total. The summed E-state index contributed by atoms with van der Waals surface area (Å²) in [4.78, 5) is 2.43. The number of nitrogens with zero attached hydrogens (tertiary/aromatic N) is 2. The molecule has 0 aromatic heterocycles. The van der Waals surface area contributed by atoms with E-state index in [1.807, 2.05) is 6.07 Å². The Morgan fingerprint density at radius 2 is 1.52 bits per heavy atom. The zero-order chi connectivity index (χ0) is 16.4. The predicted octanol–water partition coefficient (Wildman–Crippen LogP) is 4.69.